The van der Waals surface area contributed by atoms with Gasteiger partial charge in [-0.25, -0.2) is 0 Å². The molecule has 0 spiro atoms. The normalized spacial score (nSPS) is 19.3. The fourth-order valence-corrected chi connectivity index (χ4v) is 5.91. The van der Waals surface area contributed by atoms with Crippen molar-refractivity contribution in [1.82, 2.24) is 15.1 Å². The van der Waals surface area contributed by atoms with E-state index in [-0.39, 0.29) is 30.7 Å². The molecule has 36 heavy (non-hydrogen) atoms. The molecular weight excluding hydrogens is 448 g/mol. The van der Waals surface area contributed by atoms with E-state index in [0.717, 1.165) is 22.3 Å². The van der Waals surface area contributed by atoms with E-state index < -0.39 is 5.54 Å². The molecule has 5 rings (SSSR count). The first kappa shape index (κ1) is 23.8. The first-order valence-corrected chi connectivity index (χ1v) is 12.3. The number of hydrogen-bond acceptors (Lipinski definition) is 3. The second kappa shape index (κ2) is 8.94. The lowest BCUT2D eigenvalue weighted by atomic mass is 9.80. The van der Waals surface area contributed by atoms with Gasteiger partial charge >= 0.3 is 0 Å². The number of aryl methyl sites for hydroxylation is 3. The van der Waals surface area contributed by atoms with Gasteiger partial charge < -0.3 is 10.2 Å². The van der Waals surface area contributed by atoms with E-state index in [1.807, 2.05) is 48.2 Å². The second-order valence-electron chi connectivity index (χ2n) is 10.4. The molecule has 1 atom stereocenters. The van der Waals surface area contributed by atoms with Crippen LogP contribution in [0.5, 0.6) is 0 Å². The van der Waals surface area contributed by atoms with E-state index >= 15 is 0 Å². The number of rotatable bonds is 4. The van der Waals surface area contributed by atoms with Crippen molar-refractivity contribution in [3.63, 3.8) is 0 Å². The van der Waals surface area contributed by atoms with Crippen molar-refractivity contribution in [2.45, 2.75) is 59.3 Å². The van der Waals surface area contributed by atoms with Gasteiger partial charge in [-0.2, -0.15) is 0 Å². The van der Waals surface area contributed by atoms with Gasteiger partial charge in [-0.05, 0) is 73.2 Å². The third kappa shape index (κ3) is 4.28. The van der Waals surface area contributed by atoms with Crippen molar-refractivity contribution < 1.29 is 9.59 Å². The quantitative estimate of drug-likeness (QED) is 0.555. The molecule has 3 aromatic carbocycles. The smallest absolute Gasteiger partial charge is 0.254 e. The summed E-state index contributed by atoms with van der Waals surface area (Å²) in [5.74, 6) is -0.0451. The van der Waals surface area contributed by atoms with Crippen LogP contribution in [0.15, 0.2) is 60.7 Å². The highest BCUT2D eigenvalue weighted by atomic mass is 16.2. The number of fused-ring (bicyclic) bond motifs is 1. The standard InChI is InChI=1S/C30H32N4O2/c1-19-12-20(2)27(21(3)13-19)30(4)15-26(35)34(29(31)32-30)16-22-8-7-11-23(14-22)28(36)33-17-24-9-5-6-10-25(24)18-33/h5-14H,15-18H2,1-4H3,(H2,31,32)/t30-/m0/s1. The summed E-state index contributed by atoms with van der Waals surface area (Å²) in [6.07, 6.45) is 0.255. The van der Waals surface area contributed by atoms with Crippen molar-refractivity contribution in [3.05, 3.63) is 105 Å². The van der Waals surface area contributed by atoms with Gasteiger partial charge in [0.25, 0.3) is 5.91 Å². The summed E-state index contributed by atoms with van der Waals surface area (Å²) in [5, 5.41) is 12.0. The average molecular weight is 481 g/mol. The maximum Gasteiger partial charge on any atom is 0.254 e. The first-order valence-electron chi connectivity index (χ1n) is 12.3. The van der Waals surface area contributed by atoms with Gasteiger partial charge in [-0.1, -0.05) is 54.1 Å². The maximum atomic E-state index is 13.3. The van der Waals surface area contributed by atoms with E-state index in [9.17, 15) is 9.59 Å². The van der Waals surface area contributed by atoms with Crippen molar-refractivity contribution in [2.24, 2.45) is 0 Å². The molecular formula is C30H32N4O2. The topological polar surface area (TPSA) is 76.5 Å². The number of guanidine groups is 1. The number of benzene rings is 3. The van der Waals surface area contributed by atoms with Crippen molar-refractivity contribution in [2.75, 3.05) is 0 Å². The maximum absolute atomic E-state index is 13.3. The Hall–Kier alpha value is -3.93. The van der Waals surface area contributed by atoms with Crippen LogP contribution in [0.1, 0.15) is 62.6 Å². The van der Waals surface area contributed by atoms with Crippen LogP contribution in [0.2, 0.25) is 0 Å². The molecule has 2 aliphatic heterocycles. The molecule has 6 heteroatoms. The monoisotopic (exact) mass is 480 g/mol. The lowest BCUT2D eigenvalue weighted by molar-refractivity contribution is -0.131. The molecule has 6 nitrogen and oxygen atoms in total. The Bertz CT molecular complexity index is 1330. The Kier molecular flexibility index (Phi) is 5.91. The summed E-state index contributed by atoms with van der Waals surface area (Å²) in [5.41, 5.74) is 7.63. The van der Waals surface area contributed by atoms with Gasteiger partial charge in [0.05, 0.1) is 18.5 Å². The molecule has 0 radical (unpaired) electrons. The molecule has 2 amide bonds. The number of nitrogens with one attached hydrogen (secondary N) is 2. The lowest BCUT2D eigenvalue weighted by Gasteiger charge is -2.42. The number of amides is 2. The molecule has 1 saturated heterocycles. The zero-order chi connectivity index (χ0) is 25.6. The van der Waals surface area contributed by atoms with Crippen molar-refractivity contribution in [1.29, 1.82) is 5.41 Å². The molecule has 0 aromatic heterocycles. The fraction of sp³-hybridized carbons (Fsp3) is 0.300. The zero-order valence-electron chi connectivity index (χ0n) is 21.3. The Morgan fingerprint density at radius 1 is 0.972 bits per heavy atom. The molecule has 3 aromatic rings. The summed E-state index contributed by atoms with van der Waals surface area (Å²) < 4.78 is 0. The van der Waals surface area contributed by atoms with Crippen LogP contribution in [0.3, 0.4) is 0 Å². The Morgan fingerprint density at radius 3 is 2.22 bits per heavy atom. The van der Waals surface area contributed by atoms with E-state index in [4.69, 9.17) is 5.41 Å². The highest BCUT2D eigenvalue weighted by molar-refractivity contribution is 5.99. The number of nitrogens with zero attached hydrogens (tertiary/aromatic N) is 2. The van der Waals surface area contributed by atoms with Gasteiger partial charge in [-0.3, -0.25) is 19.9 Å². The second-order valence-corrected chi connectivity index (χ2v) is 10.4. The molecule has 2 N–H and O–H groups in total. The van der Waals surface area contributed by atoms with E-state index in [1.165, 1.54) is 21.6 Å². The molecule has 2 heterocycles. The molecule has 0 saturated carbocycles. The first-order chi connectivity index (χ1) is 17.1. The number of carbonyl (C=O) groups excluding carboxylic acids is 2. The number of hydrogen-bond donors (Lipinski definition) is 2. The van der Waals surface area contributed by atoms with Gasteiger partial charge in [0.2, 0.25) is 5.91 Å². The summed E-state index contributed by atoms with van der Waals surface area (Å²) in [6.45, 7) is 9.64. The van der Waals surface area contributed by atoms with Gasteiger partial charge in [0.1, 0.15) is 0 Å². The van der Waals surface area contributed by atoms with Crippen molar-refractivity contribution >= 4 is 17.8 Å². The van der Waals surface area contributed by atoms with E-state index in [1.54, 1.807) is 0 Å². The largest absolute Gasteiger partial charge is 0.346 e. The minimum Gasteiger partial charge on any atom is -0.346 e. The Labute approximate surface area is 212 Å². The van der Waals surface area contributed by atoms with Crippen LogP contribution in [0, 0.1) is 26.2 Å². The summed E-state index contributed by atoms with van der Waals surface area (Å²) in [6, 6.07) is 19.8. The van der Waals surface area contributed by atoms with Crippen LogP contribution in [-0.4, -0.2) is 27.6 Å². The molecule has 0 bridgehead atoms. The predicted molar refractivity (Wildman–Crippen MR) is 140 cm³/mol. The Balaban J connectivity index is 1.32. The zero-order valence-corrected chi connectivity index (χ0v) is 21.3. The SMILES string of the molecule is Cc1cc(C)c([C@]2(C)CC(=O)N(Cc3cccc(C(=O)N4Cc5ccccc5C4)c3)C(=N)N2)c(C)c1. The molecule has 0 aliphatic carbocycles. The van der Waals surface area contributed by atoms with Crippen LogP contribution >= 0.6 is 0 Å². The lowest BCUT2D eigenvalue weighted by Crippen LogP contribution is -2.59. The van der Waals surface area contributed by atoms with Gasteiger partial charge in [0, 0.05) is 18.7 Å². The van der Waals surface area contributed by atoms with Crippen LogP contribution in [0.4, 0.5) is 0 Å². The van der Waals surface area contributed by atoms with Crippen LogP contribution < -0.4 is 5.32 Å². The summed E-state index contributed by atoms with van der Waals surface area (Å²) in [7, 11) is 0. The van der Waals surface area contributed by atoms with Gasteiger partial charge in [-0.15, -0.1) is 0 Å². The minimum absolute atomic E-state index is 0.0240. The molecule has 0 unspecified atom stereocenters. The predicted octanol–water partition coefficient (Wildman–Crippen LogP) is 4.94. The number of carbonyl (C=O) groups is 2. The van der Waals surface area contributed by atoms with Gasteiger partial charge in [0.15, 0.2) is 5.96 Å². The third-order valence-corrected chi connectivity index (χ3v) is 7.34. The third-order valence-electron chi connectivity index (χ3n) is 7.34. The molecule has 184 valence electrons. The van der Waals surface area contributed by atoms with Crippen molar-refractivity contribution in [3.8, 4) is 0 Å². The Morgan fingerprint density at radius 2 is 1.61 bits per heavy atom. The average Bonchev–Trinajstić information content (AvgIpc) is 3.24. The molecule has 2 aliphatic rings. The highest BCUT2D eigenvalue weighted by Crippen LogP contribution is 2.34. The van der Waals surface area contributed by atoms with E-state index in [0.29, 0.717) is 18.7 Å². The van der Waals surface area contributed by atoms with E-state index in [2.05, 4.69) is 50.4 Å². The minimum atomic E-state index is -0.644. The van der Waals surface area contributed by atoms with Crippen LogP contribution in [0.25, 0.3) is 0 Å². The highest BCUT2D eigenvalue weighted by Gasteiger charge is 2.41. The van der Waals surface area contributed by atoms with Crippen LogP contribution in [-0.2, 0) is 30.0 Å². The fourth-order valence-electron chi connectivity index (χ4n) is 5.91. The summed E-state index contributed by atoms with van der Waals surface area (Å²) in [4.78, 5) is 29.8. The summed E-state index contributed by atoms with van der Waals surface area (Å²) >= 11 is 0. The molecule has 1 fully saturated rings.